The van der Waals surface area contributed by atoms with Crippen molar-refractivity contribution in [3.63, 3.8) is 0 Å². The molecular formula is C7H5BrF3N. The highest BCUT2D eigenvalue weighted by Gasteiger charge is 2.16. The van der Waals surface area contributed by atoms with Crippen LogP contribution in [0.3, 0.4) is 0 Å². The molecule has 0 N–H and O–H groups in total. The molecule has 12 heavy (non-hydrogen) atoms. The number of hydrogen-bond acceptors (Lipinski definition) is 1. The van der Waals surface area contributed by atoms with Gasteiger partial charge < -0.3 is 0 Å². The van der Waals surface area contributed by atoms with Crippen molar-refractivity contribution in [3.05, 3.63) is 28.0 Å². The van der Waals surface area contributed by atoms with Crippen LogP contribution in [0.15, 0.2) is 16.9 Å². The predicted octanol–water partition coefficient (Wildman–Crippen LogP) is 3.25. The van der Waals surface area contributed by atoms with Crippen molar-refractivity contribution in [2.75, 3.05) is 0 Å². The minimum absolute atomic E-state index is 0.00708. The first-order chi connectivity index (χ1) is 5.66. The number of halogens is 4. The van der Waals surface area contributed by atoms with Crippen molar-refractivity contribution in [2.24, 2.45) is 0 Å². The highest BCUT2D eigenvalue weighted by molar-refractivity contribution is 9.10. The molecule has 66 valence electrons. The summed E-state index contributed by atoms with van der Waals surface area (Å²) in [4.78, 5) is 3.58. The van der Waals surface area contributed by atoms with Gasteiger partial charge in [0, 0.05) is 6.20 Å². The molecule has 1 aromatic heterocycles. The van der Waals surface area contributed by atoms with Crippen LogP contribution in [-0.2, 0) is 6.67 Å². The summed E-state index contributed by atoms with van der Waals surface area (Å²) in [5, 5.41) is 0. The largest absolute Gasteiger partial charge is 0.266 e. The van der Waals surface area contributed by atoms with Crippen LogP contribution in [0.2, 0.25) is 0 Å². The van der Waals surface area contributed by atoms with E-state index in [1.54, 1.807) is 0 Å². The fourth-order valence-electron chi connectivity index (χ4n) is 0.831. The third kappa shape index (κ3) is 1.77. The van der Waals surface area contributed by atoms with Crippen molar-refractivity contribution in [1.29, 1.82) is 0 Å². The number of rotatable bonds is 2. The van der Waals surface area contributed by atoms with Gasteiger partial charge in [-0.25, -0.2) is 18.2 Å². The van der Waals surface area contributed by atoms with Crippen LogP contribution in [0.25, 0.3) is 0 Å². The van der Waals surface area contributed by atoms with E-state index < -0.39 is 13.1 Å². The molecule has 0 aliphatic carbocycles. The molecule has 0 atom stereocenters. The first-order valence-corrected chi connectivity index (χ1v) is 3.93. The van der Waals surface area contributed by atoms with Crippen molar-refractivity contribution in [2.45, 2.75) is 13.1 Å². The first-order valence-electron chi connectivity index (χ1n) is 3.14. The van der Waals surface area contributed by atoms with Gasteiger partial charge in [-0.15, -0.1) is 0 Å². The molecule has 0 aliphatic rings. The van der Waals surface area contributed by atoms with Crippen LogP contribution in [0.1, 0.15) is 17.6 Å². The monoisotopic (exact) mass is 239 g/mol. The molecule has 0 amide bonds. The van der Waals surface area contributed by atoms with E-state index in [0.29, 0.717) is 0 Å². The van der Waals surface area contributed by atoms with Gasteiger partial charge in [-0.05, 0) is 27.6 Å². The van der Waals surface area contributed by atoms with E-state index >= 15 is 0 Å². The van der Waals surface area contributed by atoms with Crippen molar-refractivity contribution < 1.29 is 13.2 Å². The molecule has 5 heteroatoms. The molecule has 0 radical (unpaired) electrons. The molecule has 0 saturated heterocycles. The predicted molar refractivity (Wildman–Crippen MR) is 41.7 cm³/mol. The van der Waals surface area contributed by atoms with Crippen LogP contribution >= 0.6 is 15.9 Å². The maximum absolute atomic E-state index is 12.2. The van der Waals surface area contributed by atoms with Gasteiger partial charge in [-0.1, -0.05) is 0 Å². The molecule has 0 unspecified atom stereocenters. The zero-order chi connectivity index (χ0) is 9.14. The maximum atomic E-state index is 12.2. The Balaban J connectivity index is 3.20. The molecule has 0 spiro atoms. The Morgan fingerprint density at radius 3 is 2.58 bits per heavy atom. The van der Waals surface area contributed by atoms with E-state index in [0.717, 1.165) is 0 Å². The first kappa shape index (κ1) is 9.51. The molecule has 1 aromatic rings. The lowest BCUT2D eigenvalue weighted by Gasteiger charge is -2.05. The Labute approximate surface area is 75.7 Å². The fourth-order valence-corrected chi connectivity index (χ4v) is 1.38. The number of nitrogens with zero attached hydrogens (tertiary/aromatic N) is 1. The van der Waals surface area contributed by atoms with Gasteiger partial charge >= 0.3 is 0 Å². The van der Waals surface area contributed by atoms with Gasteiger partial charge in [-0.2, -0.15) is 0 Å². The smallest absolute Gasteiger partial charge is 0.249 e. The van der Waals surface area contributed by atoms with Crippen LogP contribution in [0.5, 0.6) is 0 Å². The second-order valence-corrected chi connectivity index (χ2v) is 2.86. The van der Waals surface area contributed by atoms with E-state index in [1.165, 1.54) is 12.3 Å². The molecule has 0 fully saturated rings. The third-order valence-electron chi connectivity index (χ3n) is 1.39. The third-order valence-corrected chi connectivity index (χ3v) is 2.03. The van der Waals surface area contributed by atoms with Gasteiger partial charge in [0.2, 0.25) is 0 Å². The molecule has 1 heterocycles. The van der Waals surface area contributed by atoms with Crippen LogP contribution in [0.4, 0.5) is 13.2 Å². The topological polar surface area (TPSA) is 12.9 Å². The van der Waals surface area contributed by atoms with Gasteiger partial charge in [0.1, 0.15) is 11.3 Å². The SMILES string of the molecule is FCc1ccnc(Br)c1C(F)F. The van der Waals surface area contributed by atoms with Crippen molar-refractivity contribution in [1.82, 2.24) is 4.98 Å². The Morgan fingerprint density at radius 2 is 2.17 bits per heavy atom. The zero-order valence-corrected chi connectivity index (χ0v) is 7.48. The number of pyridine rings is 1. The van der Waals surface area contributed by atoms with Crippen LogP contribution in [0, 0.1) is 0 Å². The Bertz CT molecular complexity index is 277. The standard InChI is InChI=1S/C7H5BrF3N/c8-6-5(7(10)11)4(3-9)1-2-12-6/h1-2,7H,3H2. The summed E-state index contributed by atoms with van der Waals surface area (Å²) < 4.78 is 36.6. The van der Waals surface area contributed by atoms with Gasteiger partial charge in [0.15, 0.2) is 0 Å². The van der Waals surface area contributed by atoms with Gasteiger partial charge in [0.05, 0.1) is 5.56 Å². The fraction of sp³-hybridized carbons (Fsp3) is 0.286. The maximum Gasteiger partial charge on any atom is 0.266 e. The summed E-state index contributed by atoms with van der Waals surface area (Å²) in [6, 6.07) is 1.24. The minimum atomic E-state index is -2.70. The highest BCUT2D eigenvalue weighted by atomic mass is 79.9. The molecule has 0 saturated carbocycles. The summed E-state index contributed by atoms with van der Waals surface area (Å²) in [6.07, 6.45) is -1.41. The lowest BCUT2D eigenvalue weighted by molar-refractivity contribution is 0.148. The van der Waals surface area contributed by atoms with Crippen molar-refractivity contribution >= 4 is 15.9 Å². The minimum Gasteiger partial charge on any atom is -0.249 e. The van der Waals surface area contributed by atoms with Gasteiger partial charge in [-0.3, -0.25) is 0 Å². The lowest BCUT2D eigenvalue weighted by Crippen LogP contribution is -1.95. The van der Waals surface area contributed by atoms with E-state index in [2.05, 4.69) is 20.9 Å². The molecule has 0 bridgehead atoms. The summed E-state index contributed by atoms with van der Waals surface area (Å²) >= 11 is 2.83. The second-order valence-electron chi connectivity index (χ2n) is 2.11. The quantitative estimate of drug-likeness (QED) is 0.723. The van der Waals surface area contributed by atoms with E-state index in [9.17, 15) is 13.2 Å². The molecular weight excluding hydrogens is 235 g/mol. The average molecular weight is 240 g/mol. The molecule has 1 rings (SSSR count). The molecule has 0 aromatic carbocycles. The van der Waals surface area contributed by atoms with E-state index in [-0.39, 0.29) is 15.7 Å². The highest BCUT2D eigenvalue weighted by Crippen LogP contribution is 2.29. The summed E-state index contributed by atoms with van der Waals surface area (Å²) in [5.74, 6) is 0. The Kier molecular flexibility index (Phi) is 3.08. The van der Waals surface area contributed by atoms with Gasteiger partial charge in [0.25, 0.3) is 6.43 Å². The summed E-state index contributed by atoms with van der Waals surface area (Å²) in [7, 11) is 0. The Morgan fingerprint density at radius 1 is 1.50 bits per heavy atom. The van der Waals surface area contributed by atoms with E-state index in [4.69, 9.17) is 0 Å². The van der Waals surface area contributed by atoms with Crippen molar-refractivity contribution in [3.8, 4) is 0 Å². The number of alkyl halides is 3. The molecule has 0 aliphatic heterocycles. The number of aromatic nitrogens is 1. The lowest BCUT2D eigenvalue weighted by atomic mass is 10.2. The summed E-state index contributed by atoms with van der Waals surface area (Å²) in [6.45, 7) is -0.902. The van der Waals surface area contributed by atoms with Crippen LogP contribution < -0.4 is 0 Å². The zero-order valence-electron chi connectivity index (χ0n) is 5.90. The van der Waals surface area contributed by atoms with E-state index in [1.807, 2.05) is 0 Å². The Hall–Kier alpha value is -0.580. The van der Waals surface area contributed by atoms with Crippen LogP contribution in [-0.4, -0.2) is 4.98 Å². The molecule has 1 nitrogen and oxygen atoms in total. The average Bonchev–Trinajstić information content (AvgIpc) is 2.03. The number of hydrogen-bond donors (Lipinski definition) is 0. The second kappa shape index (κ2) is 3.89. The summed E-state index contributed by atoms with van der Waals surface area (Å²) in [5.41, 5.74) is -0.383. The normalized spacial score (nSPS) is 10.8.